The Balaban J connectivity index is 2.49. The second kappa shape index (κ2) is 6.85. The molecule has 0 fully saturated rings. The maximum atomic E-state index is 13.4. The lowest BCUT2D eigenvalue weighted by Crippen LogP contribution is -2.72. The molecule has 10 heteroatoms. The van der Waals surface area contributed by atoms with Gasteiger partial charge in [-0.2, -0.15) is 26.3 Å². The van der Waals surface area contributed by atoms with Gasteiger partial charge in [0.25, 0.3) is 5.91 Å². The van der Waals surface area contributed by atoms with Gasteiger partial charge in [-0.1, -0.05) is 18.2 Å². The molecule has 0 aromatic heterocycles. The van der Waals surface area contributed by atoms with Crippen molar-refractivity contribution >= 4 is 11.6 Å². The summed E-state index contributed by atoms with van der Waals surface area (Å²) in [4.78, 5) is 12.0. The predicted octanol–water partition coefficient (Wildman–Crippen LogP) is 4.49. The Hall–Kier alpha value is -2.78. The second-order valence-electron chi connectivity index (χ2n) is 5.20. The van der Waals surface area contributed by atoms with Crippen LogP contribution in [0.5, 0.6) is 0 Å². The first kappa shape index (κ1) is 19.5. The Kier molecular flexibility index (Phi) is 5.15. The first-order valence-corrected chi connectivity index (χ1v) is 7.01. The Morgan fingerprint density at radius 3 is 1.73 bits per heavy atom. The monoisotopic (exact) mass is 380 g/mol. The molecular formula is C16H11F7N2O. The standard InChI is InChI=1S/C16H11F7N2O/c17-11-6-8-12(9-7-11)24-14(15(18,19)20,16(21,22)23)25-13(26)10-4-2-1-3-5-10/h1-9,24H,(H,25,26). The van der Waals surface area contributed by atoms with E-state index in [1.54, 1.807) is 0 Å². The topological polar surface area (TPSA) is 41.1 Å². The van der Waals surface area contributed by atoms with Crippen molar-refractivity contribution in [3.8, 4) is 0 Å². The van der Waals surface area contributed by atoms with E-state index in [0.29, 0.717) is 24.3 Å². The van der Waals surface area contributed by atoms with Crippen LogP contribution in [-0.4, -0.2) is 23.9 Å². The van der Waals surface area contributed by atoms with Crippen LogP contribution in [0.4, 0.5) is 36.4 Å². The minimum Gasteiger partial charge on any atom is -0.348 e. The van der Waals surface area contributed by atoms with E-state index in [4.69, 9.17) is 0 Å². The molecule has 26 heavy (non-hydrogen) atoms. The predicted molar refractivity (Wildman–Crippen MR) is 78.8 cm³/mol. The molecule has 2 N–H and O–H groups in total. The number of anilines is 1. The Bertz CT molecular complexity index is 741. The SMILES string of the molecule is O=C(NC(Nc1ccc(F)cc1)(C(F)(F)F)C(F)(F)F)c1ccccc1. The van der Waals surface area contributed by atoms with E-state index < -0.39 is 41.0 Å². The second-order valence-corrected chi connectivity index (χ2v) is 5.20. The molecule has 0 spiro atoms. The van der Waals surface area contributed by atoms with Gasteiger partial charge in [-0.15, -0.1) is 0 Å². The Morgan fingerprint density at radius 2 is 1.27 bits per heavy atom. The summed E-state index contributed by atoms with van der Waals surface area (Å²) >= 11 is 0. The molecule has 0 unspecified atom stereocenters. The highest BCUT2D eigenvalue weighted by Gasteiger charge is 2.72. The molecule has 140 valence electrons. The lowest BCUT2D eigenvalue weighted by atomic mass is 10.1. The van der Waals surface area contributed by atoms with Gasteiger partial charge in [-0.25, -0.2) is 4.39 Å². The van der Waals surface area contributed by atoms with Crippen LogP contribution < -0.4 is 10.6 Å². The zero-order valence-electron chi connectivity index (χ0n) is 12.8. The summed E-state index contributed by atoms with van der Waals surface area (Å²) < 4.78 is 93.5. The highest BCUT2D eigenvalue weighted by atomic mass is 19.4. The van der Waals surface area contributed by atoms with Gasteiger partial charge in [-0.05, 0) is 36.4 Å². The molecule has 2 aromatic rings. The van der Waals surface area contributed by atoms with Crippen molar-refractivity contribution in [3.05, 3.63) is 66.0 Å². The molecule has 2 rings (SSSR count). The third-order valence-electron chi connectivity index (χ3n) is 3.36. The molecule has 0 bridgehead atoms. The van der Waals surface area contributed by atoms with E-state index in [0.717, 1.165) is 17.4 Å². The molecular weight excluding hydrogens is 369 g/mol. The summed E-state index contributed by atoms with van der Waals surface area (Å²) in [5, 5.41) is 2.25. The van der Waals surface area contributed by atoms with Gasteiger partial charge in [0, 0.05) is 11.3 Å². The van der Waals surface area contributed by atoms with Gasteiger partial charge in [0.15, 0.2) is 0 Å². The summed E-state index contributed by atoms with van der Waals surface area (Å²) in [6.07, 6.45) is -11.9. The fraction of sp³-hybridized carbons (Fsp3) is 0.188. The van der Waals surface area contributed by atoms with E-state index in [9.17, 15) is 35.5 Å². The van der Waals surface area contributed by atoms with Crippen molar-refractivity contribution in [2.24, 2.45) is 0 Å². The Labute approximate surface area is 142 Å². The molecule has 0 saturated carbocycles. The number of halogens is 7. The van der Waals surface area contributed by atoms with Crippen molar-refractivity contribution in [2.45, 2.75) is 18.0 Å². The minimum atomic E-state index is -5.95. The number of hydrogen-bond donors (Lipinski definition) is 2. The molecule has 1 amide bonds. The largest absolute Gasteiger partial charge is 0.439 e. The number of amides is 1. The number of nitrogens with one attached hydrogen (secondary N) is 2. The first-order valence-electron chi connectivity index (χ1n) is 7.01. The maximum Gasteiger partial charge on any atom is 0.439 e. The fourth-order valence-corrected chi connectivity index (χ4v) is 2.06. The highest BCUT2D eigenvalue weighted by molar-refractivity contribution is 5.95. The van der Waals surface area contributed by atoms with E-state index in [-0.39, 0.29) is 0 Å². The number of rotatable bonds is 4. The lowest BCUT2D eigenvalue weighted by Gasteiger charge is -2.39. The van der Waals surface area contributed by atoms with E-state index in [1.807, 2.05) is 0 Å². The van der Waals surface area contributed by atoms with Crippen molar-refractivity contribution in [2.75, 3.05) is 5.32 Å². The summed E-state index contributed by atoms with van der Waals surface area (Å²) in [6, 6.07) is 8.87. The van der Waals surface area contributed by atoms with Crippen LogP contribution in [0.2, 0.25) is 0 Å². The smallest absolute Gasteiger partial charge is 0.348 e. The van der Waals surface area contributed by atoms with Crippen LogP contribution in [0.3, 0.4) is 0 Å². The summed E-state index contributed by atoms with van der Waals surface area (Å²) in [6.45, 7) is 0. The normalized spacial score (nSPS) is 12.6. The van der Waals surface area contributed by atoms with E-state index in [2.05, 4.69) is 0 Å². The number of hydrogen-bond acceptors (Lipinski definition) is 2. The zero-order chi connectivity index (χ0) is 19.6. The number of alkyl halides is 6. The molecule has 0 saturated heterocycles. The van der Waals surface area contributed by atoms with Crippen LogP contribution in [0, 0.1) is 5.82 Å². The molecule has 0 radical (unpaired) electrons. The maximum absolute atomic E-state index is 13.4. The molecule has 2 aromatic carbocycles. The van der Waals surface area contributed by atoms with Crippen molar-refractivity contribution < 1.29 is 35.5 Å². The van der Waals surface area contributed by atoms with Crippen LogP contribution in [0.25, 0.3) is 0 Å². The van der Waals surface area contributed by atoms with Gasteiger partial charge < -0.3 is 10.6 Å². The van der Waals surface area contributed by atoms with Crippen molar-refractivity contribution in [1.82, 2.24) is 5.32 Å². The average Bonchev–Trinajstić information content (AvgIpc) is 2.54. The molecule has 0 atom stereocenters. The first-order chi connectivity index (χ1) is 12.0. The molecule has 0 aliphatic carbocycles. The summed E-state index contributed by atoms with van der Waals surface area (Å²) in [5.41, 5.74) is -5.86. The summed E-state index contributed by atoms with van der Waals surface area (Å²) in [5.74, 6) is -2.44. The number of benzene rings is 2. The lowest BCUT2D eigenvalue weighted by molar-refractivity contribution is -0.294. The molecule has 0 aliphatic heterocycles. The third-order valence-corrected chi connectivity index (χ3v) is 3.36. The van der Waals surface area contributed by atoms with Crippen LogP contribution in [0.1, 0.15) is 10.4 Å². The minimum absolute atomic E-state index is 0.397. The van der Waals surface area contributed by atoms with Crippen LogP contribution in [-0.2, 0) is 0 Å². The number of carbonyl (C=O) groups excluding carboxylic acids is 1. The van der Waals surface area contributed by atoms with Crippen LogP contribution in [0.15, 0.2) is 54.6 Å². The van der Waals surface area contributed by atoms with Crippen molar-refractivity contribution in [1.29, 1.82) is 0 Å². The molecule has 0 aliphatic rings. The fourth-order valence-electron chi connectivity index (χ4n) is 2.06. The number of carbonyl (C=O) groups is 1. The zero-order valence-corrected chi connectivity index (χ0v) is 12.8. The van der Waals surface area contributed by atoms with E-state index in [1.165, 1.54) is 23.5 Å². The average molecular weight is 380 g/mol. The van der Waals surface area contributed by atoms with Gasteiger partial charge in [0.2, 0.25) is 0 Å². The summed E-state index contributed by atoms with van der Waals surface area (Å²) in [7, 11) is 0. The highest BCUT2D eigenvalue weighted by Crippen LogP contribution is 2.43. The van der Waals surface area contributed by atoms with Gasteiger partial charge in [0.1, 0.15) is 5.82 Å². The third kappa shape index (κ3) is 3.89. The van der Waals surface area contributed by atoms with Crippen LogP contribution >= 0.6 is 0 Å². The van der Waals surface area contributed by atoms with E-state index >= 15 is 0 Å². The van der Waals surface area contributed by atoms with Gasteiger partial charge in [-0.3, -0.25) is 4.79 Å². The molecule has 0 heterocycles. The van der Waals surface area contributed by atoms with Crippen molar-refractivity contribution in [3.63, 3.8) is 0 Å². The quantitative estimate of drug-likeness (QED) is 0.606. The van der Waals surface area contributed by atoms with Gasteiger partial charge >= 0.3 is 18.0 Å². The Morgan fingerprint density at radius 1 is 0.769 bits per heavy atom. The molecule has 3 nitrogen and oxygen atoms in total. The van der Waals surface area contributed by atoms with Gasteiger partial charge in [0.05, 0.1) is 0 Å².